The Hall–Kier alpha value is -4.35. The number of carbonyl (C=O) groups excluding carboxylic acids is 2. The van der Waals surface area contributed by atoms with E-state index in [9.17, 15) is 24.5 Å². The minimum Gasteiger partial charge on any atom is -0.493 e. The van der Waals surface area contributed by atoms with Crippen molar-refractivity contribution in [3.63, 3.8) is 0 Å². The number of anilines is 1. The summed E-state index contributed by atoms with van der Waals surface area (Å²) in [6, 6.07) is 6.79. The molecule has 0 atom stereocenters. The van der Waals surface area contributed by atoms with Gasteiger partial charge in [-0.05, 0) is 18.2 Å². The van der Waals surface area contributed by atoms with E-state index in [2.05, 4.69) is 15.3 Å². The van der Waals surface area contributed by atoms with Gasteiger partial charge in [0.05, 0.1) is 36.2 Å². The first-order valence-electron chi connectivity index (χ1n) is 8.41. The minimum atomic E-state index is -1.08. The summed E-state index contributed by atoms with van der Waals surface area (Å²) in [5.41, 5.74) is 0.0624. The van der Waals surface area contributed by atoms with Gasteiger partial charge in [-0.3, -0.25) is 14.9 Å². The lowest BCUT2D eigenvalue weighted by atomic mass is 10.1. The van der Waals surface area contributed by atoms with E-state index in [1.165, 1.54) is 20.3 Å². The van der Waals surface area contributed by atoms with E-state index in [0.29, 0.717) is 16.7 Å². The number of H-pyrrole nitrogens is 2. The second kappa shape index (κ2) is 8.34. The van der Waals surface area contributed by atoms with Crippen LogP contribution < -0.4 is 20.5 Å². The molecule has 0 radical (unpaired) electrons. The highest BCUT2D eigenvalue weighted by atomic mass is 16.6. The van der Waals surface area contributed by atoms with Crippen molar-refractivity contribution < 1.29 is 28.7 Å². The molecule has 3 rings (SSSR count). The third kappa shape index (κ3) is 4.22. The first-order valence-corrected chi connectivity index (χ1v) is 8.41. The third-order valence-corrected chi connectivity index (χ3v) is 4.05. The maximum atomic E-state index is 12.3. The maximum Gasteiger partial charge on any atom is 0.345 e. The molecule has 0 spiro atoms. The Labute approximate surface area is 167 Å². The third-order valence-electron chi connectivity index (χ3n) is 4.05. The van der Waals surface area contributed by atoms with E-state index in [4.69, 9.17) is 14.2 Å². The molecule has 3 N–H and O–H groups in total. The number of amides is 1. The van der Waals surface area contributed by atoms with Gasteiger partial charge >= 0.3 is 11.7 Å². The zero-order chi connectivity index (χ0) is 21.8. The highest BCUT2D eigenvalue weighted by Crippen LogP contribution is 2.34. The van der Waals surface area contributed by atoms with Crippen LogP contribution in [0, 0.1) is 10.1 Å². The van der Waals surface area contributed by atoms with Crippen LogP contribution >= 0.6 is 0 Å². The highest BCUT2D eigenvalue weighted by molar-refractivity contribution is 5.98. The fourth-order valence-corrected chi connectivity index (χ4v) is 2.70. The Morgan fingerprint density at radius 3 is 2.40 bits per heavy atom. The number of imidazole rings is 1. The molecule has 1 aromatic heterocycles. The molecule has 12 nitrogen and oxygen atoms in total. The molecule has 0 saturated carbocycles. The number of ether oxygens (including phenoxy) is 3. The Balaban J connectivity index is 1.71. The van der Waals surface area contributed by atoms with Gasteiger partial charge in [0, 0.05) is 11.8 Å². The molecular formula is C18H16N4O8. The van der Waals surface area contributed by atoms with E-state index >= 15 is 0 Å². The molecule has 0 bridgehead atoms. The first-order chi connectivity index (χ1) is 14.3. The summed E-state index contributed by atoms with van der Waals surface area (Å²) in [7, 11) is 2.60. The summed E-state index contributed by atoms with van der Waals surface area (Å²) in [5, 5.41) is 13.8. The predicted octanol–water partition coefficient (Wildman–Crippen LogP) is 1.58. The fourth-order valence-electron chi connectivity index (χ4n) is 2.70. The van der Waals surface area contributed by atoms with Crippen molar-refractivity contribution in [1.29, 1.82) is 0 Å². The van der Waals surface area contributed by atoms with Gasteiger partial charge in [0.2, 0.25) is 0 Å². The van der Waals surface area contributed by atoms with Crippen molar-refractivity contribution in [1.82, 2.24) is 9.97 Å². The second-order valence-corrected chi connectivity index (χ2v) is 5.95. The molecule has 1 amide bonds. The number of nitrogens with zero attached hydrogens (tertiary/aromatic N) is 1. The SMILES string of the molecule is COc1cc(C(=O)OCC(=O)Nc2ccc3[nH]c(=O)[nH]c3c2)c([N+](=O)[O-])cc1OC. The van der Waals surface area contributed by atoms with Crippen molar-refractivity contribution >= 4 is 34.3 Å². The number of aromatic amines is 2. The number of nitro benzene ring substituents is 1. The molecule has 0 saturated heterocycles. The summed E-state index contributed by atoms with van der Waals surface area (Å²) in [4.78, 5) is 51.3. The van der Waals surface area contributed by atoms with E-state index in [1.54, 1.807) is 12.1 Å². The molecular weight excluding hydrogens is 400 g/mol. The van der Waals surface area contributed by atoms with E-state index in [-0.39, 0.29) is 17.2 Å². The van der Waals surface area contributed by atoms with Gasteiger partial charge in [0.25, 0.3) is 11.6 Å². The molecule has 1 heterocycles. The van der Waals surface area contributed by atoms with Gasteiger partial charge in [-0.2, -0.15) is 0 Å². The average molecular weight is 416 g/mol. The van der Waals surface area contributed by atoms with Gasteiger partial charge < -0.3 is 29.5 Å². The molecule has 30 heavy (non-hydrogen) atoms. The van der Waals surface area contributed by atoms with Gasteiger partial charge in [-0.25, -0.2) is 9.59 Å². The van der Waals surface area contributed by atoms with Gasteiger partial charge in [-0.1, -0.05) is 0 Å². The minimum absolute atomic E-state index is 0.0664. The Morgan fingerprint density at radius 2 is 1.73 bits per heavy atom. The number of hydrogen-bond acceptors (Lipinski definition) is 8. The number of rotatable bonds is 7. The largest absolute Gasteiger partial charge is 0.493 e. The van der Waals surface area contributed by atoms with Crippen LogP contribution in [0.3, 0.4) is 0 Å². The molecule has 3 aromatic rings. The number of esters is 1. The summed E-state index contributed by atoms with van der Waals surface area (Å²) < 4.78 is 14.9. The standard InChI is InChI=1S/C18H16N4O8/c1-28-14-6-10(13(22(26)27)7-15(14)29-2)17(24)30-8-16(23)19-9-3-4-11-12(5-9)21-18(25)20-11/h3-7H,8H2,1-2H3,(H,19,23)(H2,20,21,25). The van der Waals surface area contributed by atoms with Crippen molar-refractivity contribution in [2.24, 2.45) is 0 Å². The number of fused-ring (bicyclic) bond motifs is 1. The lowest BCUT2D eigenvalue weighted by Gasteiger charge is -2.10. The molecule has 2 aromatic carbocycles. The quantitative estimate of drug-likeness (QED) is 0.296. The van der Waals surface area contributed by atoms with Gasteiger partial charge in [0.1, 0.15) is 5.56 Å². The summed E-state index contributed by atoms with van der Waals surface area (Å²) >= 11 is 0. The van der Waals surface area contributed by atoms with E-state index < -0.39 is 34.7 Å². The van der Waals surface area contributed by atoms with Crippen molar-refractivity contribution in [2.75, 3.05) is 26.1 Å². The molecule has 0 unspecified atom stereocenters. The smallest absolute Gasteiger partial charge is 0.345 e. The van der Waals surface area contributed by atoms with Crippen LogP contribution in [-0.2, 0) is 9.53 Å². The molecule has 0 aliphatic heterocycles. The van der Waals surface area contributed by atoms with E-state index in [0.717, 1.165) is 12.1 Å². The highest BCUT2D eigenvalue weighted by Gasteiger charge is 2.26. The number of benzene rings is 2. The van der Waals surface area contributed by atoms with Crippen LogP contribution in [0.2, 0.25) is 0 Å². The monoisotopic (exact) mass is 416 g/mol. The van der Waals surface area contributed by atoms with Crippen LogP contribution in [-0.4, -0.2) is 47.6 Å². The molecule has 0 aliphatic carbocycles. The Bertz CT molecular complexity index is 1200. The van der Waals surface area contributed by atoms with Crippen molar-refractivity contribution in [3.05, 3.63) is 56.5 Å². The Kier molecular flexibility index (Phi) is 5.67. The average Bonchev–Trinajstić information content (AvgIpc) is 3.10. The van der Waals surface area contributed by atoms with E-state index in [1.807, 2.05) is 0 Å². The number of nitro groups is 1. The molecule has 12 heteroatoms. The van der Waals surface area contributed by atoms with Gasteiger partial charge in [0.15, 0.2) is 18.1 Å². The lowest BCUT2D eigenvalue weighted by Crippen LogP contribution is -2.21. The zero-order valence-electron chi connectivity index (χ0n) is 15.8. The number of carbonyl (C=O) groups is 2. The zero-order valence-corrected chi connectivity index (χ0v) is 15.8. The lowest BCUT2D eigenvalue weighted by molar-refractivity contribution is -0.385. The van der Waals surface area contributed by atoms with Crippen LogP contribution in [0.25, 0.3) is 11.0 Å². The molecule has 0 fully saturated rings. The summed E-state index contributed by atoms with van der Waals surface area (Å²) in [6.45, 7) is -0.688. The second-order valence-electron chi connectivity index (χ2n) is 5.95. The van der Waals surface area contributed by atoms with Gasteiger partial charge in [-0.15, -0.1) is 0 Å². The van der Waals surface area contributed by atoms with Crippen LogP contribution in [0.4, 0.5) is 11.4 Å². The van der Waals surface area contributed by atoms with Crippen LogP contribution in [0.1, 0.15) is 10.4 Å². The number of aromatic nitrogens is 2. The fraction of sp³-hybridized carbons (Fsp3) is 0.167. The predicted molar refractivity (Wildman–Crippen MR) is 104 cm³/mol. The van der Waals surface area contributed by atoms with Crippen LogP contribution in [0.5, 0.6) is 11.5 Å². The molecule has 156 valence electrons. The summed E-state index contributed by atoms with van der Waals surface area (Å²) in [6.07, 6.45) is 0. The topological polar surface area (TPSA) is 166 Å². The molecule has 0 aliphatic rings. The normalized spacial score (nSPS) is 10.5. The maximum absolute atomic E-state index is 12.3. The van der Waals surface area contributed by atoms with Crippen LogP contribution in [0.15, 0.2) is 35.1 Å². The number of hydrogen-bond donors (Lipinski definition) is 3. The first kappa shape index (κ1) is 20.4. The van der Waals surface area contributed by atoms with Crippen molar-refractivity contribution in [3.8, 4) is 11.5 Å². The van der Waals surface area contributed by atoms with Crippen molar-refractivity contribution in [2.45, 2.75) is 0 Å². The summed E-state index contributed by atoms with van der Waals surface area (Å²) in [5.74, 6) is -1.60. The number of nitrogens with one attached hydrogen (secondary N) is 3. The number of methoxy groups -OCH3 is 2. The Morgan fingerprint density at radius 1 is 1.07 bits per heavy atom.